The molecule has 0 aliphatic heterocycles. The summed E-state index contributed by atoms with van der Waals surface area (Å²) in [5, 5.41) is 20.8. The van der Waals surface area contributed by atoms with E-state index in [4.69, 9.17) is 4.55 Å². The summed E-state index contributed by atoms with van der Waals surface area (Å²) < 4.78 is 27.0. The maximum absolute atomic E-state index is 10.7. The first-order valence-corrected chi connectivity index (χ1v) is 4.88. The summed E-state index contributed by atoms with van der Waals surface area (Å²) >= 11 is 0. The SMILES string of the molecule is CC(C(=O)[O-])C(C)(C(=O)[O-])S(=O)(=O)O.[Na+].[Na+]. The van der Waals surface area contributed by atoms with Gasteiger partial charge in [-0.2, -0.15) is 8.42 Å². The number of carbonyl (C=O) groups excluding carboxylic acids is 2. The zero-order valence-electron chi connectivity index (χ0n) is 9.38. The van der Waals surface area contributed by atoms with Crippen molar-refractivity contribution in [3.8, 4) is 0 Å². The van der Waals surface area contributed by atoms with Gasteiger partial charge in [-0.25, -0.2) is 0 Å². The first-order valence-electron chi connectivity index (χ1n) is 3.44. The Labute approximate surface area is 137 Å². The zero-order chi connectivity index (χ0) is 11.7. The smallest absolute Gasteiger partial charge is 0.550 e. The van der Waals surface area contributed by atoms with Crippen molar-refractivity contribution < 1.29 is 91.9 Å². The predicted molar refractivity (Wildman–Crippen MR) is 39.1 cm³/mol. The van der Waals surface area contributed by atoms with Gasteiger partial charge in [-0.15, -0.1) is 0 Å². The number of hydrogen-bond acceptors (Lipinski definition) is 6. The van der Waals surface area contributed by atoms with Gasteiger partial charge in [-0.05, 0) is 6.92 Å². The van der Waals surface area contributed by atoms with E-state index in [1.807, 2.05) is 0 Å². The molecule has 0 saturated carbocycles. The minimum atomic E-state index is -5.09. The van der Waals surface area contributed by atoms with Crippen LogP contribution in [0.15, 0.2) is 0 Å². The Morgan fingerprint density at radius 1 is 1.25 bits per heavy atom. The van der Waals surface area contributed by atoms with E-state index in [1.54, 1.807) is 0 Å². The van der Waals surface area contributed by atoms with E-state index in [0.29, 0.717) is 6.92 Å². The Morgan fingerprint density at radius 2 is 1.56 bits per heavy atom. The molecule has 2 unspecified atom stereocenters. The normalized spacial score (nSPS) is 15.9. The fourth-order valence-corrected chi connectivity index (χ4v) is 1.48. The molecule has 1 N–H and O–H groups in total. The average Bonchev–Trinajstić information content (AvgIpc) is 1.98. The number of hydrogen-bond donors (Lipinski definition) is 1. The molecular formula is C6H8Na2O7S. The molecule has 0 aromatic carbocycles. The molecule has 10 heteroatoms. The molecule has 0 spiro atoms. The van der Waals surface area contributed by atoms with Crippen LogP contribution in [-0.2, 0) is 19.7 Å². The predicted octanol–water partition coefficient (Wildman–Crippen LogP) is -9.22. The van der Waals surface area contributed by atoms with Crippen LogP contribution in [0.4, 0.5) is 0 Å². The van der Waals surface area contributed by atoms with E-state index >= 15 is 0 Å². The van der Waals surface area contributed by atoms with Crippen LogP contribution in [0.5, 0.6) is 0 Å². The number of carboxylic acid groups (broad SMARTS) is 2. The molecule has 0 fully saturated rings. The summed E-state index contributed by atoms with van der Waals surface area (Å²) in [5.41, 5.74) is 0. The second-order valence-electron chi connectivity index (χ2n) is 2.91. The van der Waals surface area contributed by atoms with Crippen LogP contribution < -0.4 is 69.3 Å². The van der Waals surface area contributed by atoms with Gasteiger partial charge in [0.15, 0.2) is 0 Å². The van der Waals surface area contributed by atoms with Crippen molar-refractivity contribution in [2.75, 3.05) is 0 Å². The summed E-state index contributed by atoms with van der Waals surface area (Å²) in [6, 6.07) is 0. The molecule has 0 saturated heterocycles. The van der Waals surface area contributed by atoms with Crippen LogP contribution in [0.2, 0.25) is 0 Å². The molecule has 2 atom stereocenters. The molecule has 0 radical (unpaired) electrons. The van der Waals surface area contributed by atoms with E-state index in [0.717, 1.165) is 6.92 Å². The van der Waals surface area contributed by atoms with Gasteiger partial charge in [-0.3, -0.25) is 4.55 Å². The van der Waals surface area contributed by atoms with E-state index < -0.39 is 32.7 Å². The Balaban J connectivity index is -0.000000845. The maximum atomic E-state index is 10.7. The zero-order valence-corrected chi connectivity index (χ0v) is 14.2. The van der Waals surface area contributed by atoms with Gasteiger partial charge < -0.3 is 19.8 Å². The third-order valence-electron chi connectivity index (χ3n) is 2.12. The monoisotopic (exact) mass is 270 g/mol. The van der Waals surface area contributed by atoms with Crippen LogP contribution in [-0.4, -0.2) is 29.7 Å². The van der Waals surface area contributed by atoms with E-state index in [2.05, 4.69) is 0 Å². The van der Waals surface area contributed by atoms with Crippen LogP contribution in [0.1, 0.15) is 13.8 Å². The Morgan fingerprint density at radius 3 is 1.62 bits per heavy atom. The minimum absolute atomic E-state index is 0. The summed E-state index contributed by atoms with van der Waals surface area (Å²) in [7, 11) is -5.09. The Bertz CT molecular complexity index is 365. The Kier molecular flexibility index (Phi) is 10.1. The van der Waals surface area contributed by atoms with Crippen molar-refractivity contribution in [3.63, 3.8) is 0 Å². The van der Waals surface area contributed by atoms with Crippen LogP contribution in [0.25, 0.3) is 0 Å². The quantitative estimate of drug-likeness (QED) is 0.396. The number of carboxylic acids is 2. The van der Waals surface area contributed by atoms with Crippen LogP contribution in [0.3, 0.4) is 0 Å². The van der Waals surface area contributed by atoms with E-state index in [-0.39, 0.29) is 59.1 Å². The second-order valence-corrected chi connectivity index (χ2v) is 4.71. The van der Waals surface area contributed by atoms with Crippen LogP contribution >= 0.6 is 0 Å². The standard InChI is InChI=1S/C6H10O7S.2Na/c1-3(4(7)8)6(2,5(9)10)14(11,12)13;;/h3H,1-2H3,(H,7,8)(H,9,10)(H,11,12,13);;/q;2*+1/p-2. The molecule has 0 aliphatic rings. The third kappa shape index (κ3) is 4.26. The fourth-order valence-electron chi connectivity index (χ4n) is 0.730. The fraction of sp³-hybridized carbons (Fsp3) is 0.667. The van der Waals surface area contributed by atoms with Gasteiger partial charge in [0.05, 0.1) is 5.97 Å². The van der Waals surface area contributed by atoms with Gasteiger partial charge in [0.25, 0.3) is 10.1 Å². The van der Waals surface area contributed by atoms with Gasteiger partial charge in [0.1, 0.15) is 4.75 Å². The molecule has 16 heavy (non-hydrogen) atoms. The molecule has 0 aliphatic carbocycles. The molecule has 0 rings (SSSR count). The summed E-state index contributed by atoms with van der Waals surface area (Å²) in [6.45, 7) is 1.33. The third-order valence-corrected chi connectivity index (χ3v) is 3.71. The largest absolute Gasteiger partial charge is 1.00 e. The van der Waals surface area contributed by atoms with Crippen molar-refractivity contribution in [1.29, 1.82) is 0 Å². The van der Waals surface area contributed by atoms with Gasteiger partial charge in [0, 0.05) is 11.9 Å². The molecule has 7 nitrogen and oxygen atoms in total. The molecule has 0 heterocycles. The average molecular weight is 270 g/mol. The van der Waals surface area contributed by atoms with Crippen molar-refractivity contribution in [3.05, 3.63) is 0 Å². The van der Waals surface area contributed by atoms with Gasteiger partial charge in [-0.1, -0.05) is 6.92 Å². The molecule has 0 aromatic heterocycles. The second kappa shape index (κ2) is 7.32. The maximum Gasteiger partial charge on any atom is 1.00 e. The Hall–Kier alpha value is 0.850. The topological polar surface area (TPSA) is 135 Å². The summed E-state index contributed by atoms with van der Waals surface area (Å²) in [6.07, 6.45) is 0. The van der Waals surface area contributed by atoms with Gasteiger partial charge >= 0.3 is 59.1 Å². The van der Waals surface area contributed by atoms with Crippen molar-refractivity contribution in [1.82, 2.24) is 0 Å². The first-order chi connectivity index (χ1) is 6.05. The van der Waals surface area contributed by atoms with Crippen molar-refractivity contribution >= 4 is 22.1 Å². The molecular weight excluding hydrogens is 262 g/mol. The number of aliphatic carboxylic acids is 2. The molecule has 82 valence electrons. The molecule has 0 aromatic rings. The molecule has 0 amide bonds. The minimum Gasteiger partial charge on any atom is -0.550 e. The van der Waals surface area contributed by atoms with E-state index in [1.165, 1.54) is 0 Å². The first kappa shape index (κ1) is 22.1. The van der Waals surface area contributed by atoms with Gasteiger partial charge in [0.2, 0.25) is 0 Å². The van der Waals surface area contributed by atoms with Crippen LogP contribution in [0, 0.1) is 5.92 Å². The summed E-state index contributed by atoms with van der Waals surface area (Å²) in [5.74, 6) is -6.03. The van der Waals surface area contributed by atoms with Crippen molar-refractivity contribution in [2.24, 2.45) is 5.92 Å². The number of rotatable bonds is 4. The van der Waals surface area contributed by atoms with E-state index in [9.17, 15) is 28.2 Å². The summed E-state index contributed by atoms with van der Waals surface area (Å²) in [4.78, 5) is 20.8. The number of carbonyl (C=O) groups is 2. The molecule has 0 bridgehead atoms. The van der Waals surface area contributed by atoms with Crippen molar-refractivity contribution in [2.45, 2.75) is 18.6 Å².